The van der Waals surface area contributed by atoms with E-state index in [2.05, 4.69) is 12.2 Å². The number of aromatic nitrogens is 1. The molecule has 31 heavy (non-hydrogen) atoms. The Hall–Kier alpha value is -2.44. The van der Waals surface area contributed by atoms with Crippen LogP contribution in [0.5, 0.6) is 0 Å². The number of unbranched alkanes of at least 4 members (excludes halogenated alkanes) is 1. The number of benzene rings is 1. The Labute approximate surface area is 182 Å². The Morgan fingerprint density at radius 3 is 2.65 bits per heavy atom. The number of alkyl halides is 3. The molecule has 0 saturated heterocycles. The monoisotopic (exact) mass is 435 g/mol. The highest BCUT2D eigenvalue weighted by atomic mass is 19.4. The van der Waals surface area contributed by atoms with E-state index >= 15 is 0 Å². The van der Waals surface area contributed by atoms with E-state index in [0.717, 1.165) is 50.3 Å². The summed E-state index contributed by atoms with van der Waals surface area (Å²) in [7, 11) is 0. The lowest BCUT2D eigenvalue weighted by molar-refractivity contribution is -0.137. The van der Waals surface area contributed by atoms with Crippen molar-refractivity contribution < 1.29 is 18.0 Å². The van der Waals surface area contributed by atoms with Crippen molar-refractivity contribution >= 4 is 6.03 Å². The van der Waals surface area contributed by atoms with Gasteiger partial charge in [0.15, 0.2) is 0 Å². The van der Waals surface area contributed by atoms with E-state index in [4.69, 9.17) is 0 Å². The maximum atomic E-state index is 13.0. The molecule has 7 heteroatoms. The van der Waals surface area contributed by atoms with Gasteiger partial charge in [0.05, 0.1) is 12.1 Å². The van der Waals surface area contributed by atoms with Gasteiger partial charge in [-0.2, -0.15) is 13.2 Å². The normalized spacial score (nSPS) is 15.1. The second-order valence-corrected chi connectivity index (χ2v) is 8.39. The van der Waals surface area contributed by atoms with Crippen molar-refractivity contribution in [1.82, 2.24) is 14.8 Å². The number of urea groups is 1. The van der Waals surface area contributed by atoms with Gasteiger partial charge in [0.25, 0.3) is 0 Å². The molecule has 3 rings (SSSR count). The lowest BCUT2D eigenvalue weighted by atomic mass is 9.96. The Kier molecular flexibility index (Phi) is 8.04. The Morgan fingerprint density at radius 2 is 1.94 bits per heavy atom. The zero-order valence-corrected chi connectivity index (χ0v) is 18.1. The summed E-state index contributed by atoms with van der Waals surface area (Å²) in [5, 5.41) is 3.19. The number of amides is 2. The highest BCUT2D eigenvalue weighted by Gasteiger charge is 2.30. The molecule has 1 fully saturated rings. The molecule has 4 nitrogen and oxygen atoms in total. The molecule has 0 aliphatic heterocycles. The van der Waals surface area contributed by atoms with Crippen molar-refractivity contribution in [3.05, 3.63) is 59.4 Å². The fourth-order valence-corrected chi connectivity index (χ4v) is 4.10. The average molecular weight is 436 g/mol. The highest BCUT2D eigenvalue weighted by molar-refractivity contribution is 5.74. The van der Waals surface area contributed by atoms with E-state index in [0.29, 0.717) is 25.2 Å². The molecule has 1 aliphatic rings. The topological polar surface area (TPSA) is 37.3 Å². The van der Waals surface area contributed by atoms with E-state index in [1.165, 1.54) is 18.6 Å². The number of hydrogen-bond donors (Lipinski definition) is 1. The van der Waals surface area contributed by atoms with Crippen molar-refractivity contribution in [1.29, 1.82) is 0 Å². The van der Waals surface area contributed by atoms with Crippen molar-refractivity contribution in [3.63, 3.8) is 0 Å². The largest absolute Gasteiger partial charge is 0.416 e. The number of rotatable bonds is 8. The molecule has 0 bridgehead atoms. The first-order chi connectivity index (χ1) is 14.9. The minimum absolute atomic E-state index is 0.0489. The van der Waals surface area contributed by atoms with Crippen molar-refractivity contribution in [2.45, 2.75) is 77.2 Å². The highest BCUT2D eigenvalue weighted by Crippen LogP contribution is 2.29. The van der Waals surface area contributed by atoms with Crippen LogP contribution in [0.1, 0.15) is 68.7 Å². The lowest BCUT2D eigenvalue weighted by Gasteiger charge is -2.29. The third-order valence-corrected chi connectivity index (χ3v) is 5.89. The van der Waals surface area contributed by atoms with Crippen LogP contribution in [0.2, 0.25) is 0 Å². The second-order valence-electron chi connectivity index (χ2n) is 8.39. The average Bonchev–Trinajstić information content (AvgIpc) is 3.18. The molecule has 0 atom stereocenters. The minimum atomic E-state index is -4.36. The fourth-order valence-electron chi connectivity index (χ4n) is 4.10. The van der Waals surface area contributed by atoms with Crippen LogP contribution in [-0.2, 0) is 19.3 Å². The summed E-state index contributed by atoms with van der Waals surface area (Å²) in [5.41, 5.74) is 0.849. The molecular formula is C24H32F3N3O. The molecule has 2 aromatic rings. The van der Waals surface area contributed by atoms with Gasteiger partial charge in [-0.15, -0.1) is 0 Å². The maximum Gasteiger partial charge on any atom is 0.416 e. The van der Waals surface area contributed by atoms with Crippen LogP contribution in [0.15, 0.2) is 42.6 Å². The summed E-state index contributed by atoms with van der Waals surface area (Å²) in [6, 6.07) is 9.40. The SMILES string of the molecule is CCCCN(Cc1cccn1Cc1cccc(C(F)(F)F)c1)C(=O)NC1CCCCC1. The molecule has 1 aromatic heterocycles. The van der Waals surface area contributed by atoms with Crippen molar-refractivity contribution in [2.75, 3.05) is 6.54 Å². The molecule has 0 spiro atoms. The third-order valence-electron chi connectivity index (χ3n) is 5.89. The molecule has 0 unspecified atom stereocenters. The second kappa shape index (κ2) is 10.7. The first-order valence-electron chi connectivity index (χ1n) is 11.2. The van der Waals surface area contributed by atoms with Gasteiger partial charge in [-0.25, -0.2) is 4.79 Å². The summed E-state index contributed by atoms with van der Waals surface area (Å²) >= 11 is 0. The van der Waals surface area contributed by atoms with Crippen LogP contribution >= 0.6 is 0 Å². The number of nitrogens with one attached hydrogen (secondary N) is 1. The number of hydrogen-bond acceptors (Lipinski definition) is 1. The van der Waals surface area contributed by atoms with Gasteiger partial charge in [0, 0.05) is 31.0 Å². The first kappa shape index (κ1) is 23.2. The molecule has 1 heterocycles. The van der Waals surface area contributed by atoms with Crippen LogP contribution in [0, 0.1) is 0 Å². The summed E-state index contributed by atoms with van der Waals surface area (Å²) in [5.74, 6) is 0. The maximum absolute atomic E-state index is 13.0. The number of halogens is 3. The van der Waals surface area contributed by atoms with E-state index < -0.39 is 11.7 Å². The number of carbonyl (C=O) groups excluding carboxylic acids is 1. The number of carbonyl (C=O) groups is 1. The van der Waals surface area contributed by atoms with E-state index in [9.17, 15) is 18.0 Å². The third kappa shape index (κ3) is 6.77. The fraction of sp³-hybridized carbons (Fsp3) is 0.542. The predicted molar refractivity (Wildman–Crippen MR) is 116 cm³/mol. The molecule has 1 aliphatic carbocycles. The lowest BCUT2D eigenvalue weighted by Crippen LogP contribution is -2.45. The molecular weight excluding hydrogens is 403 g/mol. The van der Waals surface area contributed by atoms with Crippen LogP contribution in [0.3, 0.4) is 0 Å². The van der Waals surface area contributed by atoms with Crippen molar-refractivity contribution in [2.24, 2.45) is 0 Å². The Morgan fingerprint density at radius 1 is 1.16 bits per heavy atom. The zero-order valence-electron chi connectivity index (χ0n) is 18.1. The number of nitrogens with zero attached hydrogens (tertiary/aromatic N) is 2. The molecule has 170 valence electrons. The Bertz CT molecular complexity index is 841. The quantitative estimate of drug-likeness (QED) is 0.527. The van der Waals surface area contributed by atoms with Crippen molar-refractivity contribution in [3.8, 4) is 0 Å². The minimum Gasteiger partial charge on any atom is -0.345 e. The predicted octanol–water partition coefficient (Wildman–Crippen LogP) is 6.20. The first-order valence-corrected chi connectivity index (χ1v) is 11.2. The smallest absolute Gasteiger partial charge is 0.345 e. The summed E-state index contributed by atoms with van der Waals surface area (Å²) < 4.78 is 41.0. The van der Waals surface area contributed by atoms with Crippen LogP contribution in [0.25, 0.3) is 0 Å². The van der Waals surface area contributed by atoms with Gasteiger partial charge < -0.3 is 14.8 Å². The van der Waals surface area contributed by atoms with Crippen LogP contribution < -0.4 is 5.32 Å². The van der Waals surface area contributed by atoms with Gasteiger partial charge in [-0.3, -0.25) is 0 Å². The standard InChI is InChI=1S/C24H32F3N3O/c1-2-3-14-30(23(31)28-21-11-5-4-6-12-21)18-22-13-8-15-29(22)17-19-9-7-10-20(16-19)24(25,26)27/h7-10,13,15-16,21H,2-6,11-12,14,17-18H2,1H3,(H,28,31). The van der Waals surface area contributed by atoms with Gasteiger partial charge in [0.2, 0.25) is 0 Å². The van der Waals surface area contributed by atoms with Gasteiger partial charge >= 0.3 is 12.2 Å². The summed E-state index contributed by atoms with van der Waals surface area (Å²) in [6.07, 6.45) is 4.98. The van der Waals surface area contributed by atoms with Gasteiger partial charge in [-0.1, -0.05) is 44.7 Å². The molecule has 2 amide bonds. The van der Waals surface area contributed by atoms with Gasteiger partial charge in [-0.05, 0) is 49.1 Å². The van der Waals surface area contributed by atoms with Gasteiger partial charge in [0.1, 0.15) is 0 Å². The summed E-state index contributed by atoms with van der Waals surface area (Å²) in [4.78, 5) is 14.8. The van der Waals surface area contributed by atoms with E-state index in [1.807, 2.05) is 27.8 Å². The molecule has 1 saturated carbocycles. The van der Waals surface area contributed by atoms with E-state index in [-0.39, 0.29) is 12.1 Å². The molecule has 1 aromatic carbocycles. The molecule has 0 radical (unpaired) electrons. The van der Waals surface area contributed by atoms with E-state index in [1.54, 1.807) is 6.07 Å². The Balaban J connectivity index is 1.70. The van der Waals surface area contributed by atoms with Crippen LogP contribution in [-0.4, -0.2) is 28.1 Å². The van der Waals surface area contributed by atoms with Crippen LogP contribution in [0.4, 0.5) is 18.0 Å². The molecule has 1 N–H and O–H groups in total. The zero-order chi connectivity index (χ0) is 22.3. The summed E-state index contributed by atoms with van der Waals surface area (Å²) in [6.45, 7) is 3.51.